The number of nitrogens with zero attached hydrogens (tertiary/aromatic N) is 4. The minimum Gasteiger partial charge on any atom is -0.383 e. The van der Waals surface area contributed by atoms with Crippen LogP contribution in [-0.4, -0.2) is 70.1 Å². The molecule has 2 fully saturated rings. The van der Waals surface area contributed by atoms with Gasteiger partial charge >= 0.3 is 0 Å². The number of fused-ring (bicyclic) bond motifs is 1. The smallest absolute Gasteiger partial charge is 0.267 e. The highest BCUT2D eigenvalue weighted by molar-refractivity contribution is 8.26. The van der Waals surface area contributed by atoms with Crippen molar-refractivity contribution in [2.24, 2.45) is 0 Å². The second-order valence-corrected chi connectivity index (χ2v) is 9.75. The van der Waals surface area contributed by atoms with Crippen molar-refractivity contribution >= 4 is 51.7 Å². The van der Waals surface area contributed by atoms with E-state index in [4.69, 9.17) is 26.7 Å². The standard InChI is InChI=1S/C22H26N4O4S2/c1-13-5-6-18-23-19(24-11-14(2)30-15(3)12-24)16(20(27)26(18)10-13)9-17-21(28)25(7-8-29-4)22(31)32-17/h5-6,9-10,14-15H,7-8,11-12H2,1-4H3/b17-9-. The Morgan fingerprint density at radius 1 is 1.28 bits per heavy atom. The molecule has 2 aromatic rings. The third-order valence-corrected chi connectivity index (χ3v) is 6.75. The molecule has 2 aromatic heterocycles. The van der Waals surface area contributed by atoms with E-state index in [9.17, 15) is 9.59 Å². The number of aryl methyl sites for hydroxylation is 1. The van der Waals surface area contributed by atoms with E-state index in [2.05, 4.69) is 4.90 Å². The Morgan fingerprint density at radius 2 is 2.00 bits per heavy atom. The maximum atomic E-state index is 13.6. The van der Waals surface area contributed by atoms with Crippen LogP contribution < -0.4 is 10.5 Å². The lowest BCUT2D eigenvalue weighted by Gasteiger charge is -2.36. The summed E-state index contributed by atoms with van der Waals surface area (Å²) in [5.41, 5.74) is 1.66. The van der Waals surface area contributed by atoms with E-state index in [1.54, 1.807) is 19.4 Å². The molecule has 4 rings (SSSR count). The Bertz CT molecular complexity index is 1150. The van der Waals surface area contributed by atoms with Crippen molar-refractivity contribution in [2.75, 3.05) is 38.3 Å². The van der Waals surface area contributed by atoms with Gasteiger partial charge in [0.1, 0.15) is 15.8 Å². The van der Waals surface area contributed by atoms with Crippen molar-refractivity contribution < 1.29 is 14.3 Å². The number of thioether (sulfide) groups is 1. The van der Waals surface area contributed by atoms with Crippen LogP contribution in [0.1, 0.15) is 25.0 Å². The summed E-state index contributed by atoms with van der Waals surface area (Å²) in [5.74, 6) is 0.337. The largest absolute Gasteiger partial charge is 0.383 e. The van der Waals surface area contributed by atoms with Gasteiger partial charge in [0.2, 0.25) is 0 Å². The van der Waals surface area contributed by atoms with Gasteiger partial charge in [-0.1, -0.05) is 30.0 Å². The molecule has 0 aromatic carbocycles. The van der Waals surface area contributed by atoms with E-state index in [1.165, 1.54) is 21.1 Å². The number of pyridine rings is 1. The monoisotopic (exact) mass is 474 g/mol. The minimum absolute atomic E-state index is 0.00266. The predicted molar refractivity (Wildman–Crippen MR) is 130 cm³/mol. The van der Waals surface area contributed by atoms with E-state index < -0.39 is 0 Å². The van der Waals surface area contributed by atoms with Gasteiger partial charge in [0, 0.05) is 26.4 Å². The summed E-state index contributed by atoms with van der Waals surface area (Å²) in [6.07, 6.45) is 3.39. The van der Waals surface area contributed by atoms with E-state index >= 15 is 0 Å². The number of hydrogen-bond donors (Lipinski definition) is 0. The molecule has 2 atom stereocenters. The van der Waals surface area contributed by atoms with Gasteiger partial charge in [-0.15, -0.1) is 0 Å². The Kier molecular flexibility index (Phi) is 6.66. The van der Waals surface area contributed by atoms with E-state index in [1.807, 2.05) is 32.9 Å². The van der Waals surface area contributed by atoms with Crippen LogP contribution in [0.3, 0.4) is 0 Å². The highest BCUT2D eigenvalue weighted by atomic mass is 32.2. The van der Waals surface area contributed by atoms with Crippen LogP contribution in [0.4, 0.5) is 5.82 Å². The third-order valence-electron chi connectivity index (χ3n) is 5.37. The molecule has 170 valence electrons. The molecule has 2 saturated heterocycles. The van der Waals surface area contributed by atoms with Gasteiger partial charge in [-0.2, -0.15) is 0 Å². The SMILES string of the molecule is COCCN1C(=O)/C(=C/c2c(N3CC(C)OC(C)C3)nc3ccc(C)cn3c2=O)SC1=S. The lowest BCUT2D eigenvalue weighted by atomic mass is 10.1. The van der Waals surface area contributed by atoms with Crippen molar-refractivity contribution in [3.05, 3.63) is 44.7 Å². The van der Waals surface area contributed by atoms with E-state index in [-0.39, 0.29) is 23.7 Å². The van der Waals surface area contributed by atoms with Gasteiger partial charge in [0.15, 0.2) is 0 Å². The summed E-state index contributed by atoms with van der Waals surface area (Å²) in [7, 11) is 1.58. The van der Waals surface area contributed by atoms with Crippen LogP contribution in [0, 0.1) is 6.92 Å². The maximum Gasteiger partial charge on any atom is 0.267 e. The Balaban J connectivity index is 1.84. The third kappa shape index (κ3) is 4.45. The van der Waals surface area contributed by atoms with Crippen LogP contribution in [0.15, 0.2) is 28.0 Å². The number of ether oxygens (including phenoxy) is 2. The fourth-order valence-corrected chi connectivity index (χ4v) is 5.26. The van der Waals surface area contributed by atoms with Crippen LogP contribution in [0.5, 0.6) is 0 Å². The molecule has 1 amide bonds. The molecule has 2 unspecified atom stereocenters. The number of carbonyl (C=O) groups is 1. The molecule has 0 radical (unpaired) electrons. The van der Waals surface area contributed by atoms with Gasteiger partial charge < -0.3 is 14.4 Å². The summed E-state index contributed by atoms with van der Waals surface area (Å²) in [4.78, 5) is 35.4. The second kappa shape index (κ2) is 9.30. The molecular weight excluding hydrogens is 448 g/mol. The number of hydrogen-bond acceptors (Lipinski definition) is 8. The number of anilines is 1. The molecule has 32 heavy (non-hydrogen) atoms. The number of morpholine rings is 1. The zero-order chi connectivity index (χ0) is 23.0. The van der Waals surface area contributed by atoms with Crippen molar-refractivity contribution in [1.29, 1.82) is 0 Å². The Hall–Kier alpha value is -2.27. The quantitative estimate of drug-likeness (QED) is 0.483. The highest BCUT2D eigenvalue weighted by Gasteiger charge is 2.33. The fourth-order valence-electron chi connectivity index (χ4n) is 3.97. The van der Waals surface area contributed by atoms with Crippen LogP contribution in [0.2, 0.25) is 0 Å². The molecule has 0 N–H and O–H groups in total. The highest BCUT2D eigenvalue weighted by Crippen LogP contribution is 2.33. The molecule has 2 aliphatic rings. The number of thiocarbonyl (C=S) groups is 1. The Labute approximate surface area is 196 Å². The minimum atomic E-state index is -0.222. The fraction of sp³-hybridized carbons (Fsp3) is 0.455. The molecular formula is C22H26N4O4S2. The van der Waals surface area contributed by atoms with Crippen molar-refractivity contribution in [2.45, 2.75) is 33.0 Å². The Morgan fingerprint density at radius 3 is 2.69 bits per heavy atom. The number of amides is 1. The van der Waals surface area contributed by atoms with Crippen molar-refractivity contribution in [3.8, 4) is 0 Å². The van der Waals surface area contributed by atoms with Crippen LogP contribution >= 0.6 is 24.0 Å². The predicted octanol–water partition coefficient (Wildman–Crippen LogP) is 2.46. The first kappa shape index (κ1) is 22.9. The summed E-state index contributed by atoms with van der Waals surface area (Å²) in [6, 6.07) is 3.76. The average Bonchev–Trinajstić information content (AvgIpc) is 3.00. The summed E-state index contributed by atoms with van der Waals surface area (Å²) in [5, 5.41) is 0. The molecule has 0 saturated carbocycles. The van der Waals surface area contributed by atoms with Crippen LogP contribution in [0.25, 0.3) is 11.7 Å². The molecule has 10 heteroatoms. The van der Waals surface area contributed by atoms with Crippen molar-refractivity contribution in [1.82, 2.24) is 14.3 Å². The summed E-state index contributed by atoms with van der Waals surface area (Å²) in [6.45, 7) is 7.89. The van der Waals surface area contributed by atoms with Crippen LogP contribution in [-0.2, 0) is 14.3 Å². The van der Waals surface area contributed by atoms with Crippen molar-refractivity contribution in [3.63, 3.8) is 0 Å². The molecule has 4 heterocycles. The average molecular weight is 475 g/mol. The number of rotatable bonds is 5. The summed E-state index contributed by atoms with van der Waals surface area (Å²) >= 11 is 6.58. The van der Waals surface area contributed by atoms with Gasteiger partial charge in [-0.05, 0) is 38.5 Å². The molecule has 0 aliphatic carbocycles. The first-order valence-electron chi connectivity index (χ1n) is 10.5. The molecule has 2 aliphatic heterocycles. The van der Waals surface area contributed by atoms with Gasteiger partial charge in [0.25, 0.3) is 11.5 Å². The molecule has 8 nitrogen and oxygen atoms in total. The molecule has 0 bridgehead atoms. The normalized spacial score (nSPS) is 23.1. The van der Waals surface area contributed by atoms with Gasteiger partial charge in [0.05, 0.1) is 35.8 Å². The lowest BCUT2D eigenvalue weighted by molar-refractivity contribution is -0.122. The summed E-state index contributed by atoms with van der Waals surface area (Å²) < 4.78 is 12.9. The van der Waals surface area contributed by atoms with Gasteiger partial charge in [-0.25, -0.2) is 4.98 Å². The van der Waals surface area contributed by atoms with E-state index in [0.29, 0.717) is 52.5 Å². The lowest BCUT2D eigenvalue weighted by Crippen LogP contribution is -2.46. The second-order valence-electron chi connectivity index (χ2n) is 8.08. The maximum absolute atomic E-state index is 13.6. The number of aromatic nitrogens is 2. The molecule has 0 spiro atoms. The zero-order valence-electron chi connectivity index (χ0n) is 18.5. The van der Waals surface area contributed by atoms with Gasteiger partial charge in [-0.3, -0.25) is 18.9 Å². The first-order valence-corrected chi connectivity index (χ1v) is 11.7. The topological polar surface area (TPSA) is 76.4 Å². The first-order chi connectivity index (χ1) is 15.3. The zero-order valence-corrected chi connectivity index (χ0v) is 20.2. The number of carbonyl (C=O) groups excluding carboxylic acids is 1. The number of methoxy groups -OCH3 is 1. The van der Waals surface area contributed by atoms with E-state index in [0.717, 1.165) is 5.56 Å².